The average molecular weight is 291 g/mol. The van der Waals surface area contributed by atoms with Gasteiger partial charge in [0.05, 0.1) is 0 Å². The number of aromatic nitrogens is 1. The van der Waals surface area contributed by atoms with Gasteiger partial charge >= 0.3 is 0 Å². The number of nitrogens with one attached hydrogen (secondary N) is 2. The van der Waals surface area contributed by atoms with Gasteiger partial charge in [0, 0.05) is 12.5 Å². The van der Waals surface area contributed by atoms with Gasteiger partial charge in [-0.1, -0.05) is 19.3 Å². The van der Waals surface area contributed by atoms with Crippen molar-refractivity contribution in [2.45, 2.75) is 50.9 Å². The maximum atomic E-state index is 12.1. The van der Waals surface area contributed by atoms with Gasteiger partial charge in [0.15, 0.2) is 11.6 Å². The van der Waals surface area contributed by atoms with Gasteiger partial charge in [0.2, 0.25) is 0 Å². The maximum Gasteiger partial charge on any atom is 0.273 e. The van der Waals surface area contributed by atoms with Crippen molar-refractivity contribution in [1.82, 2.24) is 15.6 Å². The molecule has 3 rings (SSSR count). The second-order valence-electron chi connectivity index (χ2n) is 6.31. The lowest BCUT2D eigenvalue weighted by atomic mass is 9.89. The fourth-order valence-corrected chi connectivity index (χ4v) is 3.37. The molecule has 2 heterocycles. The van der Waals surface area contributed by atoms with Crippen LogP contribution in [-0.2, 0) is 0 Å². The predicted octanol–water partition coefficient (Wildman–Crippen LogP) is 2.45. The molecule has 1 aromatic rings. The molecule has 116 valence electrons. The third-order valence-corrected chi connectivity index (χ3v) is 4.72. The van der Waals surface area contributed by atoms with Gasteiger partial charge in [0.25, 0.3) is 5.91 Å². The van der Waals surface area contributed by atoms with Crippen LogP contribution in [0.2, 0.25) is 0 Å². The second-order valence-corrected chi connectivity index (χ2v) is 6.31. The summed E-state index contributed by atoms with van der Waals surface area (Å²) < 4.78 is 5.52. The Kier molecular flexibility index (Phi) is 4.91. The third kappa shape index (κ3) is 3.84. The van der Waals surface area contributed by atoms with Crippen LogP contribution in [0.1, 0.15) is 67.2 Å². The number of amides is 1. The number of piperidine rings is 1. The normalized spacial score (nSPS) is 21.3. The Labute approximate surface area is 125 Å². The van der Waals surface area contributed by atoms with Crippen LogP contribution < -0.4 is 10.6 Å². The molecule has 21 heavy (non-hydrogen) atoms. The summed E-state index contributed by atoms with van der Waals surface area (Å²) in [6.45, 7) is 2.76. The zero-order valence-electron chi connectivity index (χ0n) is 12.6. The molecular weight excluding hydrogens is 266 g/mol. The van der Waals surface area contributed by atoms with Gasteiger partial charge in [-0.05, 0) is 44.7 Å². The molecule has 0 spiro atoms. The first-order valence-electron chi connectivity index (χ1n) is 8.27. The van der Waals surface area contributed by atoms with Gasteiger partial charge in [-0.25, -0.2) is 4.98 Å². The summed E-state index contributed by atoms with van der Waals surface area (Å²) in [6.07, 6.45) is 9.97. The molecule has 2 aliphatic rings. The first-order valence-corrected chi connectivity index (χ1v) is 8.27. The van der Waals surface area contributed by atoms with Crippen molar-refractivity contribution in [2.75, 3.05) is 19.6 Å². The van der Waals surface area contributed by atoms with Crippen LogP contribution >= 0.6 is 0 Å². The van der Waals surface area contributed by atoms with Crippen molar-refractivity contribution in [1.29, 1.82) is 0 Å². The molecule has 1 aromatic heterocycles. The van der Waals surface area contributed by atoms with Crippen molar-refractivity contribution >= 4 is 5.91 Å². The van der Waals surface area contributed by atoms with E-state index in [-0.39, 0.29) is 5.91 Å². The highest BCUT2D eigenvalue weighted by Gasteiger charge is 2.22. The highest BCUT2D eigenvalue weighted by atomic mass is 16.3. The van der Waals surface area contributed by atoms with E-state index < -0.39 is 0 Å². The minimum Gasteiger partial charge on any atom is -0.448 e. The monoisotopic (exact) mass is 291 g/mol. The fourth-order valence-electron chi connectivity index (χ4n) is 3.37. The van der Waals surface area contributed by atoms with E-state index in [4.69, 9.17) is 4.42 Å². The number of carbonyl (C=O) groups excluding carboxylic acids is 1. The van der Waals surface area contributed by atoms with E-state index in [2.05, 4.69) is 15.6 Å². The minimum absolute atomic E-state index is 0.0930. The molecule has 1 saturated heterocycles. The number of rotatable bonds is 4. The lowest BCUT2D eigenvalue weighted by molar-refractivity contribution is 0.0938. The largest absolute Gasteiger partial charge is 0.448 e. The van der Waals surface area contributed by atoms with Crippen molar-refractivity contribution in [3.63, 3.8) is 0 Å². The highest BCUT2D eigenvalue weighted by Crippen LogP contribution is 2.25. The Hall–Kier alpha value is -1.36. The molecule has 5 heteroatoms. The molecular formula is C16H25N3O2. The quantitative estimate of drug-likeness (QED) is 0.894. The van der Waals surface area contributed by atoms with E-state index in [9.17, 15) is 4.79 Å². The van der Waals surface area contributed by atoms with Crippen LogP contribution in [0, 0.1) is 5.92 Å². The highest BCUT2D eigenvalue weighted by molar-refractivity contribution is 5.91. The molecule has 0 radical (unpaired) electrons. The van der Waals surface area contributed by atoms with E-state index in [0.29, 0.717) is 17.5 Å². The first kappa shape index (κ1) is 14.6. The van der Waals surface area contributed by atoms with E-state index >= 15 is 0 Å². The summed E-state index contributed by atoms with van der Waals surface area (Å²) in [5.74, 6) is 1.62. The summed E-state index contributed by atoms with van der Waals surface area (Å²) >= 11 is 0. The Bertz CT molecular complexity index is 460. The summed E-state index contributed by atoms with van der Waals surface area (Å²) in [7, 11) is 0. The molecule has 1 aliphatic carbocycles. The van der Waals surface area contributed by atoms with Crippen LogP contribution in [-0.4, -0.2) is 30.5 Å². The van der Waals surface area contributed by atoms with Gasteiger partial charge in [0.1, 0.15) is 6.26 Å². The molecule has 0 atom stereocenters. The second kappa shape index (κ2) is 7.07. The lowest BCUT2D eigenvalue weighted by Gasteiger charge is -2.21. The van der Waals surface area contributed by atoms with Crippen LogP contribution in [0.15, 0.2) is 10.7 Å². The smallest absolute Gasteiger partial charge is 0.273 e. The van der Waals surface area contributed by atoms with E-state index in [0.717, 1.165) is 38.4 Å². The Morgan fingerprint density at radius 2 is 2.00 bits per heavy atom. The van der Waals surface area contributed by atoms with Crippen LogP contribution in [0.5, 0.6) is 0 Å². The van der Waals surface area contributed by atoms with Gasteiger partial charge in [-0.15, -0.1) is 0 Å². The zero-order valence-corrected chi connectivity index (χ0v) is 12.6. The van der Waals surface area contributed by atoms with Crippen molar-refractivity contribution in [2.24, 2.45) is 5.92 Å². The van der Waals surface area contributed by atoms with Crippen molar-refractivity contribution < 1.29 is 9.21 Å². The minimum atomic E-state index is -0.0930. The summed E-state index contributed by atoms with van der Waals surface area (Å²) in [6, 6.07) is 0. The number of hydrogen-bond donors (Lipinski definition) is 2. The van der Waals surface area contributed by atoms with Gasteiger partial charge in [-0.3, -0.25) is 4.79 Å². The SMILES string of the molecule is O=C(NCC1CCCCC1)c1coc(C2CCNCC2)n1. The summed E-state index contributed by atoms with van der Waals surface area (Å²) in [5, 5.41) is 6.33. The number of carbonyl (C=O) groups is 1. The van der Waals surface area contributed by atoms with Crippen LogP contribution in [0.25, 0.3) is 0 Å². The lowest BCUT2D eigenvalue weighted by Crippen LogP contribution is -2.30. The third-order valence-electron chi connectivity index (χ3n) is 4.72. The van der Waals surface area contributed by atoms with Gasteiger partial charge in [-0.2, -0.15) is 0 Å². The topological polar surface area (TPSA) is 67.2 Å². The van der Waals surface area contributed by atoms with E-state index in [1.807, 2.05) is 0 Å². The standard InChI is InChI=1S/C16H25N3O2/c20-15(18-10-12-4-2-1-3-5-12)14-11-21-16(19-14)13-6-8-17-9-7-13/h11-13,17H,1-10H2,(H,18,20). The fraction of sp³-hybridized carbons (Fsp3) is 0.750. The number of oxazole rings is 1. The number of nitrogens with zero attached hydrogens (tertiary/aromatic N) is 1. The summed E-state index contributed by atoms with van der Waals surface area (Å²) in [4.78, 5) is 16.5. The molecule has 1 saturated carbocycles. The molecule has 2 N–H and O–H groups in total. The molecule has 0 bridgehead atoms. The first-order chi connectivity index (χ1) is 10.3. The van der Waals surface area contributed by atoms with Crippen LogP contribution in [0.4, 0.5) is 0 Å². The van der Waals surface area contributed by atoms with Crippen LogP contribution in [0.3, 0.4) is 0 Å². The molecule has 1 aliphatic heterocycles. The Balaban J connectivity index is 1.51. The number of hydrogen-bond acceptors (Lipinski definition) is 4. The van der Waals surface area contributed by atoms with Crippen molar-refractivity contribution in [3.8, 4) is 0 Å². The maximum absolute atomic E-state index is 12.1. The average Bonchev–Trinajstić information content (AvgIpc) is 3.04. The predicted molar refractivity (Wildman–Crippen MR) is 80.3 cm³/mol. The molecule has 2 fully saturated rings. The molecule has 0 aromatic carbocycles. The van der Waals surface area contributed by atoms with Crippen molar-refractivity contribution in [3.05, 3.63) is 17.8 Å². The summed E-state index contributed by atoms with van der Waals surface area (Å²) in [5.41, 5.74) is 0.430. The van der Waals surface area contributed by atoms with E-state index in [1.54, 1.807) is 0 Å². The van der Waals surface area contributed by atoms with Gasteiger partial charge < -0.3 is 15.1 Å². The molecule has 0 unspecified atom stereocenters. The Morgan fingerprint density at radius 3 is 2.76 bits per heavy atom. The molecule has 1 amide bonds. The van der Waals surface area contributed by atoms with E-state index in [1.165, 1.54) is 38.4 Å². The zero-order chi connectivity index (χ0) is 14.5. The molecule has 5 nitrogen and oxygen atoms in total. The Morgan fingerprint density at radius 1 is 1.24 bits per heavy atom.